The van der Waals surface area contributed by atoms with Gasteiger partial charge in [0.05, 0.1) is 12.1 Å². The molecule has 2 amide bonds. The molecular weight excluding hydrogens is 308 g/mol. The maximum absolute atomic E-state index is 12.2. The first-order valence-corrected chi connectivity index (χ1v) is 7.89. The Labute approximate surface area is 139 Å². The second-order valence-corrected chi connectivity index (χ2v) is 5.96. The van der Waals surface area contributed by atoms with Crippen LogP contribution in [0.3, 0.4) is 0 Å². The molecule has 2 atom stereocenters. The van der Waals surface area contributed by atoms with Crippen molar-refractivity contribution in [1.82, 2.24) is 10.6 Å². The molecule has 0 fully saturated rings. The molecule has 1 aliphatic carbocycles. The molecule has 1 heterocycles. The zero-order chi connectivity index (χ0) is 16.5. The molecular formula is C18H18N2O4. The zero-order valence-electron chi connectivity index (χ0n) is 13.0. The van der Waals surface area contributed by atoms with Crippen molar-refractivity contribution in [3.8, 4) is 11.5 Å². The van der Waals surface area contributed by atoms with Gasteiger partial charge in [-0.3, -0.25) is 0 Å². The van der Waals surface area contributed by atoms with E-state index in [0.717, 1.165) is 16.7 Å². The van der Waals surface area contributed by atoms with Gasteiger partial charge in [0, 0.05) is 13.0 Å². The second kappa shape index (κ2) is 6.05. The molecule has 2 unspecified atom stereocenters. The van der Waals surface area contributed by atoms with Gasteiger partial charge in [0.2, 0.25) is 6.79 Å². The van der Waals surface area contributed by atoms with E-state index in [1.165, 1.54) is 0 Å². The van der Waals surface area contributed by atoms with Crippen molar-refractivity contribution >= 4 is 6.03 Å². The summed E-state index contributed by atoms with van der Waals surface area (Å²) in [5.41, 5.74) is 2.97. The van der Waals surface area contributed by atoms with E-state index in [9.17, 15) is 9.90 Å². The van der Waals surface area contributed by atoms with Crippen molar-refractivity contribution in [2.45, 2.75) is 25.1 Å². The summed E-state index contributed by atoms with van der Waals surface area (Å²) < 4.78 is 10.6. The molecule has 0 bridgehead atoms. The summed E-state index contributed by atoms with van der Waals surface area (Å²) in [4.78, 5) is 12.2. The zero-order valence-corrected chi connectivity index (χ0v) is 13.0. The second-order valence-electron chi connectivity index (χ2n) is 5.96. The predicted molar refractivity (Wildman–Crippen MR) is 86.8 cm³/mol. The molecule has 1 aliphatic heterocycles. The van der Waals surface area contributed by atoms with E-state index in [2.05, 4.69) is 10.6 Å². The lowest BCUT2D eigenvalue weighted by Crippen LogP contribution is -2.40. The maximum Gasteiger partial charge on any atom is 0.315 e. The summed E-state index contributed by atoms with van der Waals surface area (Å²) in [6.45, 7) is 0.596. The minimum absolute atomic E-state index is 0.228. The van der Waals surface area contributed by atoms with Crippen LogP contribution in [0, 0.1) is 0 Å². The van der Waals surface area contributed by atoms with Crippen molar-refractivity contribution in [1.29, 1.82) is 0 Å². The highest BCUT2D eigenvalue weighted by Crippen LogP contribution is 2.33. The Morgan fingerprint density at radius 2 is 2.00 bits per heavy atom. The van der Waals surface area contributed by atoms with Crippen LogP contribution in [0.15, 0.2) is 42.5 Å². The van der Waals surface area contributed by atoms with Crippen molar-refractivity contribution in [3.05, 3.63) is 59.2 Å². The number of benzene rings is 2. The highest BCUT2D eigenvalue weighted by molar-refractivity contribution is 5.75. The first-order valence-electron chi connectivity index (χ1n) is 7.89. The number of aliphatic hydroxyl groups is 1. The summed E-state index contributed by atoms with van der Waals surface area (Å²) in [5, 5.41) is 15.8. The Morgan fingerprint density at radius 3 is 2.92 bits per heavy atom. The average Bonchev–Trinajstić information content (AvgIpc) is 3.17. The third-order valence-corrected chi connectivity index (χ3v) is 4.38. The highest BCUT2D eigenvalue weighted by atomic mass is 16.7. The van der Waals surface area contributed by atoms with Crippen LogP contribution >= 0.6 is 0 Å². The fourth-order valence-corrected chi connectivity index (χ4v) is 3.17. The highest BCUT2D eigenvalue weighted by Gasteiger charge is 2.31. The number of urea groups is 1. The van der Waals surface area contributed by atoms with E-state index in [0.29, 0.717) is 24.5 Å². The van der Waals surface area contributed by atoms with Crippen molar-refractivity contribution in [2.75, 3.05) is 6.79 Å². The summed E-state index contributed by atoms with van der Waals surface area (Å²) in [6.07, 6.45) is -0.0396. The van der Waals surface area contributed by atoms with Gasteiger partial charge in [-0.1, -0.05) is 30.3 Å². The first kappa shape index (κ1) is 14.8. The quantitative estimate of drug-likeness (QED) is 0.804. The van der Waals surface area contributed by atoms with E-state index in [1.54, 1.807) is 0 Å². The van der Waals surface area contributed by atoms with Crippen molar-refractivity contribution < 1.29 is 19.4 Å². The molecule has 0 aromatic heterocycles. The van der Waals surface area contributed by atoms with Gasteiger partial charge in [0.25, 0.3) is 0 Å². The monoisotopic (exact) mass is 326 g/mol. The number of fused-ring (bicyclic) bond motifs is 2. The molecule has 0 saturated heterocycles. The van der Waals surface area contributed by atoms with E-state index in [4.69, 9.17) is 9.47 Å². The molecule has 4 rings (SSSR count). The molecule has 2 aromatic carbocycles. The average molecular weight is 326 g/mol. The Morgan fingerprint density at radius 1 is 1.17 bits per heavy atom. The van der Waals surface area contributed by atoms with Gasteiger partial charge in [-0.25, -0.2) is 4.79 Å². The number of hydrogen-bond acceptors (Lipinski definition) is 4. The van der Waals surface area contributed by atoms with Crippen LogP contribution < -0.4 is 20.1 Å². The number of hydrogen-bond donors (Lipinski definition) is 3. The van der Waals surface area contributed by atoms with Crippen LogP contribution in [0.2, 0.25) is 0 Å². The number of nitrogens with one attached hydrogen (secondary N) is 2. The lowest BCUT2D eigenvalue weighted by Gasteiger charge is -2.18. The molecule has 124 valence electrons. The van der Waals surface area contributed by atoms with E-state index in [-0.39, 0.29) is 18.9 Å². The third kappa shape index (κ3) is 2.76. The molecule has 0 saturated carbocycles. The minimum Gasteiger partial charge on any atom is -0.454 e. The fourth-order valence-electron chi connectivity index (χ4n) is 3.17. The van der Waals surface area contributed by atoms with Gasteiger partial charge in [-0.2, -0.15) is 0 Å². The number of rotatable bonds is 3. The number of amides is 2. The molecule has 3 N–H and O–H groups in total. The Hall–Kier alpha value is -2.73. The van der Waals surface area contributed by atoms with Crippen molar-refractivity contribution in [2.24, 2.45) is 0 Å². The predicted octanol–water partition coefficient (Wildman–Crippen LogP) is 1.87. The summed E-state index contributed by atoms with van der Waals surface area (Å²) >= 11 is 0. The van der Waals surface area contributed by atoms with E-state index < -0.39 is 6.10 Å². The van der Waals surface area contributed by atoms with Crippen LogP contribution in [-0.4, -0.2) is 24.0 Å². The Kier molecular flexibility index (Phi) is 3.74. The van der Waals surface area contributed by atoms with Gasteiger partial charge in [-0.05, 0) is 28.8 Å². The third-order valence-electron chi connectivity index (χ3n) is 4.38. The largest absolute Gasteiger partial charge is 0.454 e. The number of ether oxygens (including phenoxy) is 2. The SMILES string of the molecule is O=C(NCc1ccc2c(c1)OCO2)NC1c2ccccc2CC1O. The van der Waals surface area contributed by atoms with Gasteiger partial charge in [0.1, 0.15) is 0 Å². The Bertz CT molecular complexity index is 777. The minimum atomic E-state index is -0.598. The van der Waals surface area contributed by atoms with Crippen LogP contribution in [-0.2, 0) is 13.0 Å². The molecule has 2 aromatic rings. The molecule has 0 radical (unpaired) electrons. The summed E-state index contributed by atoms with van der Waals surface area (Å²) in [7, 11) is 0. The maximum atomic E-state index is 12.2. The topological polar surface area (TPSA) is 79.8 Å². The van der Waals surface area contributed by atoms with Crippen LogP contribution in [0.4, 0.5) is 4.79 Å². The van der Waals surface area contributed by atoms with Crippen molar-refractivity contribution in [3.63, 3.8) is 0 Å². The molecule has 6 heteroatoms. The van der Waals surface area contributed by atoms with Gasteiger partial charge in [-0.15, -0.1) is 0 Å². The molecule has 6 nitrogen and oxygen atoms in total. The van der Waals surface area contributed by atoms with Crippen LogP contribution in [0.5, 0.6) is 11.5 Å². The molecule has 0 spiro atoms. The first-order chi connectivity index (χ1) is 11.7. The lowest BCUT2D eigenvalue weighted by atomic mass is 10.1. The van der Waals surface area contributed by atoms with E-state index in [1.807, 2.05) is 42.5 Å². The molecule has 2 aliphatic rings. The Balaban J connectivity index is 1.37. The van der Waals surface area contributed by atoms with Gasteiger partial charge < -0.3 is 25.2 Å². The van der Waals surface area contributed by atoms with Crippen LogP contribution in [0.1, 0.15) is 22.7 Å². The fraction of sp³-hybridized carbons (Fsp3) is 0.278. The number of aliphatic hydroxyl groups excluding tert-OH is 1. The molecule has 24 heavy (non-hydrogen) atoms. The lowest BCUT2D eigenvalue weighted by molar-refractivity contribution is 0.142. The normalized spacial score (nSPS) is 20.5. The van der Waals surface area contributed by atoms with Gasteiger partial charge >= 0.3 is 6.03 Å². The summed E-state index contributed by atoms with van der Waals surface area (Å²) in [5.74, 6) is 1.41. The van der Waals surface area contributed by atoms with Gasteiger partial charge in [0.15, 0.2) is 11.5 Å². The standard InChI is InChI=1S/C18H18N2O4/c21-14-8-12-3-1-2-4-13(12)17(14)20-18(22)19-9-11-5-6-15-16(7-11)24-10-23-15/h1-7,14,17,21H,8-10H2,(H2,19,20,22). The van der Waals surface area contributed by atoms with E-state index >= 15 is 0 Å². The number of carbonyl (C=O) groups is 1. The smallest absolute Gasteiger partial charge is 0.315 e. The summed E-state index contributed by atoms with van der Waals surface area (Å²) in [6, 6.07) is 12.6. The number of carbonyl (C=O) groups excluding carboxylic acids is 1. The van der Waals surface area contributed by atoms with Crippen LogP contribution in [0.25, 0.3) is 0 Å².